The van der Waals surface area contributed by atoms with Gasteiger partial charge in [0.1, 0.15) is 17.7 Å². The van der Waals surface area contributed by atoms with E-state index >= 15 is 0 Å². The number of ketones is 1. The van der Waals surface area contributed by atoms with Gasteiger partial charge in [-0.05, 0) is 39.7 Å². The number of fused-ring (bicyclic) bond motifs is 1. The van der Waals surface area contributed by atoms with Gasteiger partial charge in [0, 0.05) is 21.6 Å². The van der Waals surface area contributed by atoms with Crippen LogP contribution in [0.3, 0.4) is 0 Å². The number of halogens is 1. The molecule has 0 atom stereocenters. The van der Waals surface area contributed by atoms with Crippen molar-refractivity contribution in [2.24, 2.45) is 0 Å². The second-order valence-corrected chi connectivity index (χ2v) is 7.04. The molecular formula is C17H7BrN2OS. The Hall–Kier alpha value is -2.47. The van der Waals surface area contributed by atoms with Gasteiger partial charge in [0.15, 0.2) is 5.78 Å². The van der Waals surface area contributed by atoms with E-state index < -0.39 is 0 Å². The van der Waals surface area contributed by atoms with Gasteiger partial charge in [-0.3, -0.25) is 4.79 Å². The van der Waals surface area contributed by atoms with Gasteiger partial charge in [-0.1, -0.05) is 24.3 Å². The van der Waals surface area contributed by atoms with E-state index in [0.29, 0.717) is 22.3 Å². The Morgan fingerprint density at radius 3 is 2.36 bits per heavy atom. The Morgan fingerprint density at radius 1 is 1.09 bits per heavy atom. The molecule has 3 rings (SSSR count). The predicted octanol–water partition coefficient (Wildman–Crippen LogP) is 4.59. The zero-order chi connectivity index (χ0) is 15.7. The van der Waals surface area contributed by atoms with Crippen molar-refractivity contribution >= 4 is 44.7 Å². The Morgan fingerprint density at radius 2 is 1.77 bits per heavy atom. The van der Waals surface area contributed by atoms with Crippen molar-refractivity contribution in [2.45, 2.75) is 0 Å². The molecule has 0 N–H and O–H groups in total. The van der Waals surface area contributed by atoms with Gasteiger partial charge in [-0.25, -0.2) is 0 Å². The highest BCUT2D eigenvalue weighted by Gasteiger charge is 2.32. The molecule has 104 valence electrons. The molecular weight excluding hydrogens is 360 g/mol. The van der Waals surface area contributed by atoms with Crippen molar-refractivity contribution in [1.29, 1.82) is 10.5 Å². The third-order valence-corrected chi connectivity index (χ3v) is 4.88. The van der Waals surface area contributed by atoms with Crippen LogP contribution in [0.5, 0.6) is 0 Å². The zero-order valence-corrected chi connectivity index (χ0v) is 13.5. The summed E-state index contributed by atoms with van der Waals surface area (Å²) in [7, 11) is 0. The first-order chi connectivity index (χ1) is 10.7. The average molecular weight is 367 g/mol. The maximum Gasteiger partial charge on any atom is 0.194 e. The highest BCUT2D eigenvalue weighted by atomic mass is 79.9. The molecule has 0 aliphatic heterocycles. The molecule has 5 heteroatoms. The molecule has 1 aliphatic rings. The maximum atomic E-state index is 12.6. The van der Waals surface area contributed by atoms with Gasteiger partial charge in [0.05, 0.1) is 3.79 Å². The number of nitrogens with zero attached hydrogens (tertiary/aromatic N) is 2. The molecule has 0 radical (unpaired) electrons. The van der Waals surface area contributed by atoms with E-state index in [2.05, 4.69) is 15.9 Å². The lowest BCUT2D eigenvalue weighted by Gasteiger charge is -2.00. The van der Waals surface area contributed by atoms with Gasteiger partial charge in [0.25, 0.3) is 0 Å². The molecule has 0 unspecified atom stereocenters. The van der Waals surface area contributed by atoms with E-state index in [0.717, 1.165) is 8.66 Å². The third kappa shape index (κ3) is 2.31. The molecule has 0 fully saturated rings. The van der Waals surface area contributed by atoms with E-state index in [4.69, 9.17) is 0 Å². The quantitative estimate of drug-likeness (QED) is 0.547. The van der Waals surface area contributed by atoms with Gasteiger partial charge >= 0.3 is 0 Å². The first-order valence-electron chi connectivity index (χ1n) is 6.31. The molecule has 1 heterocycles. The Balaban J connectivity index is 2.29. The monoisotopic (exact) mass is 366 g/mol. The van der Waals surface area contributed by atoms with E-state index in [1.54, 1.807) is 30.3 Å². The Kier molecular flexibility index (Phi) is 3.77. The number of allylic oxidation sites excluding steroid dienone is 3. The number of benzene rings is 1. The molecule has 0 saturated carbocycles. The summed E-state index contributed by atoms with van der Waals surface area (Å²) in [6, 6.07) is 14.6. The molecule has 0 saturated heterocycles. The summed E-state index contributed by atoms with van der Waals surface area (Å²) in [4.78, 5) is 13.5. The lowest BCUT2D eigenvalue weighted by atomic mass is 9.99. The van der Waals surface area contributed by atoms with Crippen LogP contribution in [0.1, 0.15) is 20.8 Å². The molecule has 0 bridgehead atoms. The number of hydrogen-bond donors (Lipinski definition) is 0. The highest BCUT2D eigenvalue weighted by molar-refractivity contribution is 9.11. The fourth-order valence-electron chi connectivity index (χ4n) is 2.39. The van der Waals surface area contributed by atoms with Gasteiger partial charge in [-0.15, -0.1) is 11.3 Å². The molecule has 2 aromatic rings. The summed E-state index contributed by atoms with van der Waals surface area (Å²) >= 11 is 4.87. The maximum absolute atomic E-state index is 12.6. The average Bonchev–Trinajstić information content (AvgIpc) is 3.06. The number of carbonyl (C=O) groups is 1. The van der Waals surface area contributed by atoms with E-state index in [1.807, 2.05) is 24.3 Å². The molecule has 22 heavy (non-hydrogen) atoms. The summed E-state index contributed by atoms with van der Waals surface area (Å²) in [6.07, 6.45) is 1.74. The summed E-state index contributed by atoms with van der Waals surface area (Å²) in [5.74, 6) is -0.155. The molecule has 0 spiro atoms. The third-order valence-electron chi connectivity index (χ3n) is 3.31. The van der Waals surface area contributed by atoms with Crippen LogP contribution in [-0.4, -0.2) is 5.78 Å². The van der Waals surface area contributed by atoms with Crippen molar-refractivity contribution in [2.75, 3.05) is 0 Å². The van der Waals surface area contributed by atoms with Crippen LogP contribution in [0.15, 0.2) is 51.3 Å². The van der Waals surface area contributed by atoms with E-state index in [1.165, 1.54) is 11.3 Å². The minimum Gasteiger partial charge on any atom is -0.289 e. The van der Waals surface area contributed by atoms with Crippen LogP contribution < -0.4 is 0 Å². The van der Waals surface area contributed by atoms with Crippen molar-refractivity contribution in [3.63, 3.8) is 0 Å². The van der Waals surface area contributed by atoms with Crippen LogP contribution >= 0.6 is 27.3 Å². The van der Waals surface area contributed by atoms with Gasteiger partial charge in [0.2, 0.25) is 0 Å². The number of nitriles is 2. The lowest BCUT2D eigenvalue weighted by Crippen LogP contribution is -1.95. The van der Waals surface area contributed by atoms with Crippen LogP contribution in [0.4, 0.5) is 0 Å². The second kappa shape index (κ2) is 5.73. The number of rotatable bonds is 1. The standard InChI is InChI=1S/C17H7BrN2OS/c18-15-6-5-11(22-15)7-14-16(10(8-19)9-20)12-3-1-2-4-13(12)17(14)21/h1-7H. The van der Waals surface area contributed by atoms with Crippen LogP contribution in [0.2, 0.25) is 0 Å². The highest BCUT2D eigenvalue weighted by Crippen LogP contribution is 2.40. The zero-order valence-electron chi connectivity index (χ0n) is 11.1. The van der Waals surface area contributed by atoms with Crippen LogP contribution in [0.25, 0.3) is 11.6 Å². The minimum atomic E-state index is -0.155. The topological polar surface area (TPSA) is 64.7 Å². The second-order valence-electron chi connectivity index (χ2n) is 4.55. The molecule has 3 nitrogen and oxygen atoms in total. The Bertz CT molecular complexity index is 922. The fraction of sp³-hybridized carbons (Fsp3) is 0. The normalized spacial score (nSPS) is 14.6. The molecule has 0 amide bonds. The van der Waals surface area contributed by atoms with Crippen molar-refractivity contribution in [3.8, 4) is 12.1 Å². The fourth-order valence-corrected chi connectivity index (χ4v) is 3.76. The van der Waals surface area contributed by atoms with Gasteiger partial charge in [-0.2, -0.15) is 10.5 Å². The summed E-state index contributed by atoms with van der Waals surface area (Å²) in [5, 5.41) is 18.4. The van der Waals surface area contributed by atoms with E-state index in [9.17, 15) is 15.3 Å². The van der Waals surface area contributed by atoms with E-state index in [-0.39, 0.29) is 11.4 Å². The van der Waals surface area contributed by atoms with Crippen LogP contribution in [0, 0.1) is 22.7 Å². The summed E-state index contributed by atoms with van der Waals surface area (Å²) in [5.41, 5.74) is 1.96. The Labute approximate surface area is 139 Å². The number of thiophene rings is 1. The lowest BCUT2D eigenvalue weighted by molar-refractivity contribution is 0.104. The first kappa shape index (κ1) is 14.5. The van der Waals surface area contributed by atoms with Crippen molar-refractivity contribution in [1.82, 2.24) is 0 Å². The number of hydrogen-bond acceptors (Lipinski definition) is 4. The smallest absolute Gasteiger partial charge is 0.194 e. The molecule has 1 aliphatic carbocycles. The number of Topliss-reactive ketones (excluding diaryl/α,β-unsaturated/α-hetero) is 1. The van der Waals surface area contributed by atoms with Gasteiger partial charge < -0.3 is 0 Å². The van der Waals surface area contributed by atoms with Crippen molar-refractivity contribution < 1.29 is 4.79 Å². The summed E-state index contributed by atoms with van der Waals surface area (Å²) in [6.45, 7) is 0. The number of carbonyl (C=O) groups excluding carboxylic acids is 1. The predicted molar refractivity (Wildman–Crippen MR) is 88.9 cm³/mol. The first-order valence-corrected chi connectivity index (χ1v) is 7.92. The minimum absolute atomic E-state index is 0.0415. The van der Waals surface area contributed by atoms with Crippen molar-refractivity contribution in [3.05, 3.63) is 67.3 Å². The molecule has 1 aromatic carbocycles. The molecule has 1 aromatic heterocycles. The SMILES string of the molecule is N#CC(C#N)=C1C(=Cc2ccc(Br)s2)C(=O)c2ccccc21. The largest absolute Gasteiger partial charge is 0.289 e. The van der Waals surface area contributed by atoms with Crippen LogP contribution in [-0.2, 0) is 0 Å². The summed E-state index contributed by atoms with van der Waals surface area (Å²) < 4.78 is 0.952.